The van der Waals surface area contributed by atoms with Gasteiger partial charge in [-0.2, -0.15) is 0 Å². The van der Waals surface area contributed by atoms with E-state index in [1.165, 1.54) is 30.5 Å². The molecule has 0 bridgehead atoms. The van der Waals surface area contributed by atoms with Crippen molar-refractivity contribution in [3.05, 3.63) is 94.2 Å². The van der Waals surface area contributed by atoms with E-state index in [1.807, 2.05) is 0 Å². The fraction of sp³-hybridized carbons (Fsp3) is 0.463. The number of rotatable bonds is 40. The van der Waals surface area contributed by atoms with E-state index in [0.717, 1.165) is 21.6 Å². The number of phenols is 1. The van der Waals surface area contributed by atoms with Crippen molar-refractivity contribution in [3.8, 4) is 5.75 Å². The van der Waals surface area contributed by atoms with Crippen LogP contribution in [0.2, 0.25) is 0 Å². The van der Waals surface area contributed by atoms with Crippen LogP contribution in [0.1, 0.15) is 69.9 Å². The first-order valence-electron chi connectivity index (χ1n) is 28.0. The Bertz CT molecular complexity index is 2950. The Morgan fingerprint density at radius 1 is 0.562 bits per heavy atom. The number of aromatic nitrogens is 1. The molecule has 0 unspecified atom stereocenters. The average molecular weight is 1280 g/mol. The number of pyridine rings is 1. The molecule has 1 heterocycles. The number of aromatic hydroxyl groups is 1. The van der Waals surface area contributed by atoms with Gasteiger partial charge in [-0.25, -0.2) is 4.98 Å². The molecule has 7 atom stereocenters. The molecule has 0 aliphatic heterocycles. The Kier molecular flexibility index (Phi) is 32.6. The van der Waals surface area contributed by atoms with Crippen LogP contribution in [0, 0.1) is 16.0 Å². The number of nitrogens with one attached hydrogen (secondary N) is 8. The standard InChI is InChI=1S/C54H81N21O12S2/c1-30(2)24-38(73-49(84)39(26-31-10-4-3-5-11-31)69-43(78)28-67-42(77)27-68-45(80)34(55)25-32-16-18-33(76)19-17-32)48(83)72-36(13-7-22-65-53(59)60)46(81)71-37(14-8-23-66-54(61)62)47(82)74-40(29-88-89-51-41(75(86)87)15-9-20-63-51)50(85)70-35(44(56)79)12-6-21-64-52(57)58/h3-5,9-11,15-20,30,34-40,76H,6-8,12-14,21-29,55H2,1-2H3,(H2,56,79)(H,67,77)(H,68,80)(H,69,78)(H,70,85)(H,71,81)(H,72,83)(H,73,84)(H,74,82)(H4,57,58,64)(H4,59,60,65)(H4,61,62,66)/t34-,35-,36-,37-,38-,39-,40-/m0/s1. The summed E-state index contributed by atoms with van der Waals surface area (Å²) in [6.45, 7) is 2.40. The van der Waals surface area contributed by atoms with E-state index in [4.69, 9.17) is 45.9 Å². The van der Waals surface area contributed by atoms with Crippen molar-refractivity contribution in [3.63, 3.8) is 0 Å². The molecule has 0 spiro atoms. The molecule has 0 aliphatic rings. The van der Waals surface area contributed by atoms with Crippen molar-refractivity contribution in [2.24, 2.45) is 66.8 Å². The second-order valence-electron chi connectivity index (χ2n) is 20.4. The van der Waals surface area contributed by atoms with Gasteiger partial charge < -0.3 is 93.5 Å². The Labute approximate surface area is 521 Å². The van der Waals surface area contributed by atoms with E-state index in [-0.39, 0.29) is 123 Å². The summed E-state index contributed by atoms with van der Waals surface area (Å²) in [4.78, 5) is 150. The topological polar surface area (TPSA) is 571 Å². The van der Waals surface area contributed by atoms with Crippen LogP contribution in [-0.4, -0.2) is 167 Å². The molecule has 33 nitrogen and oxygen atoms in total. The van der Waals surface area contributed by atoms with Crippen molar-refractivity contribution in [1.29, 1.82) is 0 Å². The number of aliphatic imine (C=N–C) groups is 3. The first-order valence-corrected chi connectivity index (χ1v) is 30.3. The van der Waals surface area contributed by atoms with Gasteiger partial charge in [-0.05, 0) is 97.4 Å². The van der Waals surface area contributed by atoms with Crippen LogP contribution in [0.25, 0.3) is 0 Å². The number of primary amides is 1. The van der Waals surface area contributed by atoms with Crippen LogP contribution < -0.4 is 88.4 Å². The Balaban J connectivity index is 1.91. The number of guanidine groups is 3. The summed E-state index contributed by atoms with van der Waals surface area (Å²) >= 11 is 0. The third-order valence-electron chi connectivity index (χ3n) is 12.6. The highest BCUT2D eigenvalue weighted by molar-refractivity contribution is 8.76. The number of nitrogens with two attached hydrogens (primary N) is 8. The van der Waals surface area contributed by atoms with Crippen molar-refractivity contribution >= 4 is 98.3 Å². The van der Waals surface area contributed by atoms with Gasteiger partial charge in [0.2, 0.25) is 53.2 Å². The molecule has 3 aromatic rings. The number of phenolic OH excluding ortho intramolecular Hbond substituents is 1. The van der Waals surface area contributed by atoms with E-state index >= 15 is 0 Å². The summed E-state index contributed by atoms with van der Waals surface area (Å²) in [7, 11) is 1.72. The SMILES string of the molecule is CC(C)C[C@H](NC(=O)[C@H](Cc1ccccc1)NC(=O)CNC(=O)CNC(=O)[C@@H](N)Cc1ccc(O)cc1)C(=O)N[C@@H](CCCN=C(N)N)C(=O)N[C@@H](CCCN=C(N)N)C(=O)N[C@@H](CSSc1ncccc1[N+](=O)[O-])C(=O)N[C@@H](CCCN=C(N)N)C(N)=O. The molecule has 2 aromatic carbocycles. The fourth-order valence-electron chi connectivity index (χ4n) is 8.15. The molecule has 9 amide bonds. The van der Waals surface area contributed by atoms with Crippen LogP contribution >= 0.6 is 21.6 Å². The smallest absolute Gasteiger partial charge is 0.302 e. The summed E-state index contributed by atoms with van der Waals surface area (Å²) < 4.78 is 0. The normalized spacial score (nSPS) is 13.2. The van der Waals surface area contributed by atoms with Crippen molar-refractivity contribution < 1.29 is 53.2 Å². The number of carbonyl (C=O) groups excluding carboxylic acids is 9. The molecular weight excluding hydrogens is 1200 g/mol. The zero-order valence-corrected chi connectivity index (χ0v) is 50.9. The van der Waals surface area contributed by atoms with Crippen LogP contribution in [0.5, 0.6) is 5.75 Å². The number of hydrogen-bond acceptors (Lipinski definition) is 19. The molecule has 0 saturated heterocycles. The minimum Gasteiger partial charge on any atom is -0.508 e. The summed E-state index contributed by atoms with van der Waals surface area (Å²) in [5, 5.41) is 41.8. The number of carbonyl (C=O) groups is 9. The first kappa shape index (κ1) is 73.7. The third-order valence-corrected chi connectivity index (χ3v) is 14.9. The zero-order chi connectivity index (χ0) is 66.0. The third kappa shape index (κ3) is 29.6. The van der Waals surface area contributed by atoms with Gasteiger partial charge in [0.1, 0.15) is 42.0 Å². The lowest BCUT2D eigenvalue weighted by atomic mass is 10.00. The number of hydrogen-bond donors (Lipinski definition) is 17. The van der Waals surface area contributed by atoms with Gasteiger partial charge in [0.15, 0.2) is 22.9 Å². The van der Waals surface area contributed by atoms with Gasteiger partial charge in [-0.1, -0.05) is 67.1 Å². The second kappa shape index (κ2) is 39.3. The highest BCUT2D eigenvalue weighted by Gasteiger charge is 2.34. The number of amides is 9. The highest BCUT2D eigenvalue weighted by Crippen LogP contribution is 2.35. The van der Waals surface area contributed by atoms with Gasteiger partial charge >= 0.3 is 5.69 Å². The molecular formula is C54H81N21O12S2. The number of nitro groups is 1. The van der Waals surface area contributed by atoms with Gasteiger partial charge in [0, 0.05) is 44.1 Å². The summed E-state index contributed by atoms with van der Waals surface area (Å²) in [5.74, 6) is -8.88. The lowest BCUT2D eigenvalue weighted by molar-refractivity contribution is -0.388. The molecule has 89 heavy (non-hydrogen) atoms. The summed E-state index contributed by atoms with van der Waals surface area (Å²) in [6.07, 6.45) is 1.34. The van der Waals surface area contributed by atoms with E-state index in [2.05, 4.69) is 62.5 Å². The van der Waals surface area contributed by atoms with Crippen LogP contribution in [-0.2, 0) is 56.0 Å². The van der Waals surface area contributed by atoms with Crippen molar-refractivity contribution in [1.82, 2.24) is 47.5 Å². The quantitative estimate of drug-likeness (QED) is 0.00646. The largest absolute Gasteiger partial charge is 0.508 e. The van der Waals surface area contributed by atoms with Gasteiger partial charge in [0.25, 0.3) is 0 Å². The highest BCUT2D eigenvalue weighted by atomic mass is 33.1. The maximum atomic E-state index is 14.6. The molecule has 0 fully saturated rings. The monoisotopic (exact) mass is 1280 g/mol. The molecule has 486 valence electrons. The average Bonchev–Trinajstić information content (AvgIpc) is 3.39. The Morgan fingerprint density at radius 2 is 1.03 bits per heavy atom. The summed E-state index contributed by atoms with van der Waals surface area (Å²) in [6, 6.07) is 7.72. The van der Waals surface area contributed by atoms with Crippen LogP contribution in [0.4, 0.5) is 5.69 Å². The molecule has 0 radical (unpaired) electrons. The van der Waals surface area contributed by atoms with E-state index in [0.29, 0.717) is 11.1 Å². The summed E-state index contributed by atoms with van der Waals surface area (Å²) in [5.41, 5.74) is 45.7. The lowest BCUT2D eigenvalue weighted by Crippen LogP contribution is -2.60. The van der Waals surface area contributed by atoms with E-state index in [1.54, 1.807) is 56.3 Å². The molecule has 0 aliphatic carbocycles. The fourth-order valence-corrected chi connectivity index (χ4v) is 10.4. The Morgan fingerprint density at radius 3 is 1.56 bits per heavy atom. The lowest BCUT2D eigenvalue weighted by Gasteiger charge is -2.28. The number of benzene rings is 2. The van der Waals surface area contributed by atoms with Gasteiger partial charge in [-0.15, -0.1) is 0 Å². The minimum absolute atomic E-state index is 0.00240. The molecule has 25 N–H and O–H groups in total. The molecule has 0 saturated carbocycles. The maximum Gasteiger partial charge on any atom is 0.302 e. The second-order valence-corrected chi connectivity index (χ2v) is 22.7. The van der Waals surface area contributed by atoms with Gasteiger partial charge in [0.05, 0.1) is 24.1 Å². The predicted molar refractivity (Wildman–Crippen MR) is 335 cm³/mol. The van der Waals surface area contributed by atoms with E-state index < -0.39 is 113 Å². The van der Waals surface area contributed by atoms with Crippen molar-refractivity contribution in [2.75, 3.05) is 38.5 Å². The number of nitrogens with zero attached hydrogens (tertiary/aromatic N) is 5. The van der Waals surface area contributed by atoms with Crippen LogP contribution in [0.15, 0.2) is 92.9 Å². The molecule has 35 heteroatoms. The predicted octanol–water partition coefficient (Wildman–Crippen LogP) is -3.92. The minimum atomic E-state index is -1.52. The van der Waals surface area contributed by atoms with E-state index in [9.17, 15) is 58.4 Å². The van der Waals surface area contributed by atoms with Crippen LogP contribution in [0.3, 0.4) is 0 Å². The zero-order valence-electron chi connectivity index (χ0n) is 49.3. The van der Waals surface area contributed by atoms with Crippen molar-refractivity contribution in [2.45, 2.75) is 119 Å². The molecule has 3 rings (SSSR count). The Hall–Kier alpha value is -9.51. The van der Waals surface area contributed by atoms with Gasteiger partial charge in [-0.3, -0.25) is 68.2 Å². The first-order chi connectivity index (χ1) is 42.2. The maximum absolute atomic E-state index is 14.6. The molecule has 1 aromatic heterocycles.